The normalized spacial score (nSPS) is 14.1. The van der Waals surface area contributed by atoms with Crippen molar-refractivity contribution in [1.29, 1.82) is 0 Å². The van der Waals surface area contributed by atoms with Crippen molar-refractivity contribution in [1.82, 2.24) is 9.88 Å². The number of halogens is 1. The van der Waals surface area contributed by atoms with Crippen LogP contribution in [0, 0.1) is 13.8 Å². The molecule has 1 saturated heterocycles. The molecule has 2 heterocycles. The molecule has 0 bridgehead atoms. The van der Waals surface area contributed by atoms with Crippen LogP contribution in [0.2, 0.25) is 5.02 Å². The molecule has 1 fully saturated rings. The van der Waals surface area contributed by atoms with E-state index < -0.39 is 0 Å². The quantitative estimate of drug-likeness (QED) is 0.768. The minimum atomic E-state index is -0.0717. The van der Waals surface area contributed by atoms with Crippen LogP contribution in [0.5, 0.6) is 5.75 Å². The summed E-state index contributed by atoms with van der Waals surface area (Å²) in [6.07, 6.45) is 1.55. The number of hydrogen-bond donors (Lipinski definition) is 1. The van der Waals surface area contributed by atoms with Gasteiger partial charge in [-0.2, -0.15) is 0 Å². The van der Waals surface area contributed by atoms with Crippen molar-refractivity contribution in [2.45, 2.75) is 13.8 Å². The first-order valence-electron chi connectivity index (χ1n) is 9.01. The highest BCUT2D eigenvalue weighted by Gasteiger charge is 2.19. The van der Waals surface area contributed by atoms with Gasteiger partial charge < -0.3 is 19.7 Å². The fourth-order valence-corrected chi connectivity index (χ4v) is 3.22. The lowest BCUT2D eigenvalue weighted by Gasteiger charge is -2.26. The highest BCUT2D eigenvalue weighted by molar-refractivity contribution is 6.33. The highest BCUT2D eigenvalue weighted by Crippen LogP contribution is 2.23. The van der Waals surface area contributed by atoms with Gasteiger partial charge in [-0.3, -0.25) is 4.79 Å². The summed E-state index contributed by atoms with van der Waals surface area (Å²) in [5, 5.41) is 3.57. The van der Waals surface area contributed by atoms with E-state index in [4.69, 9.17) is 21.1 Å². The van der Waals surface area contributed by atoms with Gasteiger partial charge in [0.2, 0.25) is 0 Å². The number of morpholine rings is 1. The van der Waals surface area contributed by atoms with Crippen LogP contribution in [0.1, 0.15) is 21.5 Å². The van der Waals surface area contributed by atoms with Gasteiger partial charge in [0.1, 0.15) is 18.2 Å². The van der Waals surface area contributed by atoms with E-state index in [-0.39, 0.29) is 5.91 Å². The Morgan fingerprint density at radius 1 is 1.30 bits per heavy atom. The number of anilines is 1. The number of nitrogens with one attached hydrogen (secondary N) is 1. The lowest BCUT2D eigenvalue weighted by atomic mass is 10.1. The standard InChI is InChI=1S/C20H24ClN3O3/c1-14-4-3-5-15(2)18(14)27-9-6-22-19-17(21)12-16(13-23-19)20(25)24-7-10-26-11-8-24/h3-5,12-13H,6-11H2,1-2H3,(H,22,23). The monoisotopic (exact) mass is 389 g/mol. The first-order valence-corrected chi connectivity index (χ1v) is 9.39. The van der Waals surface area contributed by atoms with Crippen molar-refractivity contribution < 1.29 is 14.3 Å². The number of rotatable bonds is 6. The number of amides is 1. The maximum Gasteiger partial charge on any atom is 0.255 e. The van der Waals surface area contributed by atoms with Crippen LogP contribution >= 0.6 is 11.6 Å². The maximum atomic E-state index is 12.5. The number of benzene rings is 1. The zero-order valence-corrected chi connectivity index (χ0v) is 16.4. The Kier molecular flexibility index (Phi) is 6.53. The van der Waals surface area contributed by atoms with Gasteiger partial charge in [-0.15, -0.1) is 0 Å². The zero-order chi connectivity index (χ0) is 19.2. The Labute approximate surface area is 164 Å². The molecular weight excluding hydrogens is 366 g/mol. The van der Waals surface area contributed by atoms with E-state index in [1.807, 2.05) is 32.0 Å². The number of para-hydroxylation sites is 1. The second kappa shape index (κ2) is 9.06. The Morgan fingerprint density at radius 2 is 2.00 bits per heavy atom. The molecule has 0 radical (unpaired) electrons. The number of pyridine rings is 1. The molecule has 6 nitrogen and oxygen atoms in total. The van der Waals surface area contributed by atoms with E-state index in [0.29, 0.717) is 55.9 Å². The largest absolute Gasteiger partial charge is 0.491 e. The number of aryl methyl sites for hydroxylation is 2. The van der Waals surface area contributed by atoms with Gasteiger partial charge in [0.25, 0.3) is 5.91 Å². The summed E-state index contributed by atoms with van der Waals surface area (Å²) < 4.78 is 11.1. The Morgan fingerprint density at radius 3 is 2.67 bits per heavy atom. The molecule has 1 N–H and O–H groups in total. The van der Waals surface area contributed by atoms with Crippen LogP contribution in [0.25, 0.3) is 0 Å². The molecule has 3 rings (SSSR count). The smallest absolute Gasteiger partial charge is 0.255 e. The fraction of sp³-hybridized carbons (Fsp3) is 0.400. The first kappa shape index (κ1) is 19.5. The van der Waals surface area contributed by atoms with Gasteiger partial charge in [0, 0.05) is 19.3 Å². The van der Waals surface area contributed by atoms with Crippen LogP contribution in [-0.2, 0) is 4.74 Å². The van der Waals surface area contributed by atoms with E-state index in [1.54, 1.807) is 17.2 Å². The molecule has 1 aromatic heterocycles. The number of aromatic nitrogens is 1. The van der Waals surface area contributed by atoms with Crippen molar-refractivity contribution in [3.8, 4) is 5.75 Å². The second-order valence-corrected chi connectivity index (χ2v) is 6.86. The third kappa shape index (κ3) is 4.90. The molecule has 1 amide bonds. The van der Waals surface area contributed by atoms with Crippen LogP contribution < -0.4 is 10.1 Å². The first-order chi connectivity index (χ1) is 13.1. The van der Waals surface area contributed by atoms with Crippen LogP contribution in [0.4, 0.5) is 5.82 Å². The molecule has 0 spiro atoms. The van der Waals surface area contributed by atoms with Gasteiger partial charge in [-0.1, -0.05) is 29.8 Å². The molecule has 7 heteroatoms. The molecule has 0 aliphatic carbocycles. The van der Waals surface area contributed by atoms with E-state index in [1.165, 1.54) is 0 Å². The molecule has 1 aliphatic heterocycles. The molecular formula is C20H24ClN3O3. The molecule has 2 aromatic rings. The summed E-state index contributed by atoms with van der Waals surface area (Å²) in [7, 11) is 0. The number of carbonyl (C=O) groups excluding carboxylic acids is 1. The second-order valence-electron chi connectivity index (χ2n) is 6.46. The molecule has 1 aliphatic rings. The van der Waals surface area contributed by atoms with Gasteiger partial charge in [0.15, 0.2) is 0 Å². The van der Waals surface area contributed by atoms with E-state index >= 15 is 0 Å². The summed E-state index contributed by atoms with van der Waals surface area (Å²) in [5.41, 5.74) is 2.70. The van der Waals surface area contributed by atoms with Gasteiger partial charge in [0.05, 0.1) is 30.3 Å². The van der Waals surface area contributed by atoms with Gasteiger partial charge >= 0.3 is 0 Å². The van der Waals surface area contributed by atoms with Crippen molar-refractivity contribution >= 4 is 23.3 Å². The Balaban J connectivity index is 1.54. The predicted molar refractivity (Wildman–Crippen MR) is 106 cm³/mol. The molecule has 0 unspecified atom stereocenters. The van der Waals surface area contributed by atoms with Crippen LogP contribution in [0.15, 0.2) is 30.5 Å². The summed E-state index contributed by atoms with van der Waals surface area (Å²) in [6.45, 7) is 7.39. The summed E-state index contributed by atoms with van der Waals surface area (Å²) >= 11 is 6.30. The van der Waals surface area contributed by atoms with Gasteiger partial charge in [-0.05, 0) is 31.0 Å². The van der Waals surface area contributed by atoms with E-state index in [0.717, 1.165) is 16.9 Å². The number of hydrogen-bond acceptors (Lipinski definition) is 5. The average Bonchev–Trinajstić information content (AvgIpc) is 2.68. The third-order valence-electron chi connectivity index (χ3n) is 4.44. The number of carbonyl (C=O) groups is 1. The minimum Gasteiger partial charge on any atom is -0.491 e. The molecule has 1 aromatic carbocycles. The Bertz CT molecular complexity index is 787. The highest BCUT2D eigenvalue weighted by atomic mass is 35.5. The fourth-order valence-electron chi connectivity index (χ4n) is 2.98. The summed E-state index contributed by atoms with van der Waals surface area (Å²) in [4.78, 5) is 18.5. The van der Waals surface area contributed by atoms with Crippen LogP contribution in [0.3, 0.4) is 0 Å². The zero-order valence-electron chi connectivity index (χ0n) is 15.6. The molecule has 27 heavy (non-hydrogen) atoms. The van der Waals surface area contributed by atoms with Crippen LogP contribution in [-0.4, -0.2) is 55.2 Å². The predicted octanol–water partition coefficient (Wildman–Crippen LogP) is 3.32. The lowest BCUT2D eigenvalue weighted by molar-refractivity contribution is 0.0302. The molecule has 144 valence electrons. The SMILES string of the molecule is Cc1cccc(C)c1OCCNc1ncc(C(=O)N2CCOCC2)cc1Cl. The number of ether oxygens (including phenoxy) is 2. The van der Waals surface area contributed by atoms with Crippen molar-refractivity contribution in [3.63, 3.8) is 0 Å². The van der Waals surface area contributed by atoms with E-state index in [2.05, 4.69) is 10.3 Å². The van der Waals surface area contributed by atoms with E-state index in [9.17, 15) is 4.79 Å². The maximum absolute atomic E-state index is 12.5. The van der Waals surface area contributed by atoms with Crippen molar-refractivity contribution in [2.75, 3.05) is 44.8 Å². The minimum absolute atomic E-state index is 0.0717. The lowest BCUT2D eigenvalue weighted by Crippen LogP contribution is -2.40. The topological polar surface area (TPSA) is 63.7 Å². The summed E-state index contributed by atoms with van der Waals surface area (Å²) in [6, 6.07) is 7.72. The number of nitrogens with zero attached hydrogens (tertiary/aromatic N) is 2. The molecule has 0 atom stereocenters. The molecule has 0 saturated carbocycles. The average molecular weight is 390 g/mol. The van der Waals surface area contributed by atoms with Crippen molar-refractivity contribution in [3.05, 3.63) is 52.2 Å². The third-order valence-corrected chi connectivity index (χ3v) is 4.72. The van der Waals surface area contributed by atoms with Gasteiger partial charge in [-0.25, -0.2) is 4.98 Å². The van der Waals surface area contributed by atoms with Crippen molar-refractivity contribution in [2.24, 2.45) is 0 Å². The summed E-state index contributed by atoms with van der Waals surface area (Å²) in [5.74, 6) is 1.38. The Hall–Kier alpha value is -2.31.